The zero-order valence-corrected chi connectivity index (χ0v) is 12.0. The number of hydrogen-bond acceptors (Lipinski definition) is 2. The fourth-order valence-electron chi connectivity index (χ4n) is 1.54. The second-order valence-corrected chi connectivity index (χ2v) is 5.58. The molecule has 0 fully saturated rings. The first-order valence-corrected chi connectivity index (χ1v) is 6.44. The van der Waals surface area contributed by atoms with E-state index in [1.165, 1.54) is 0 Å². The van der Waals surface area contributed by atoms with Crippen LogP contribution in [0.3, 0.4) is 0 Å². The van der Waals surface area contributed by atoms with Gasteiger partial charge >= 0.3 is 0 Å². The Morgan fingerprint density at radius 3 is 2.21 bits per heavy atom. The summed E-state index contributed by atoms with van der Waals surface area (Å²) in [5, 5.41) is 5.58. The van der Waals surface area contributed by atoms with E-state index >= 15 is 0 Å². The lowest BCUT2D eigenvalue weighted by Gasteiger charge is -2.17. The van der Waals surface area contributed by atoms with Crippen LogP contribution in [0.1, 0.15) is 36.7 Å². The van der Waals surface area contributed by atoms with Gasteiger partial charge in [0.15, 0.2) is 0 Å². The number of carbonyl (C=O) groups is 2. The molecular weight excluding hydrogens is 240 g/mol. The number of benzene rings is 1. The van der Waals surface area contributed by atoms with Crippen molar-refractivity contribution in [3.05, 3.63) is 35.4 Å². The molecule has 2 amide bonds. The molecule has 1 aromatic rings. The summed E-state index contributed by atoms with van der Waals surface area (Å²) in [7, 11) is 0. The highest BCUT2D eigenvalue weighted by Crippen LogP contribution is 2.11. The number of rotatable bonds is 4. The van der Waals surface area contributed by atoms with Gasteiger partial charge in [-0.2, -0.15) is 0 Å². The van der Waals surface area contributed by atoms with Crippen LogP contribution in [0.4, 0.5) is 0 Å². The third-order valence-electron chi connectivity index (χ3n) is 2.77. The topological polar surface area (TPSA) is 58.2 Å². The minimum Gasteiger partial charge on any atom is -0.354 e. The molecule has 0 atom stereocenters. The van der Waals surface area contributed by atoms with Crippen molar-refractivity contribution >= 4 is 11.8 Å². The molecule has 0 aliphatic carbocycles. The summed E-state index contributed by atoms with van der Waals surface area (Å²) < 4.78 is 0. The minimum atomic E-state index is -0.403. The number of amides is 2. The summed E-state index contributed by atoms with van der Waals surface area (Å²) in [4.78, 5) is 23.5. The molecule has 4 heteroatoms. The van der Waals surface area contributed by atoms with Gasteiger partial charge in [-0.15, -0.1) is 0 Å². The summed E-state index contributed by atoms with van der Waals surface area (Å²) in [6.45, 7) is 8.33. The Bertz CT molecular complexity index is 461. The van der Waals surface area contributed by atoms with Gasteiger partial charge in [0, 0.05) is 24.1 Å². The summed E-state index contributed by atoms with van der Waals surface area (Å²) in [5.74, 6) is -0.124. The van der Waals surface area contributed by atoms with Crippen LogP contribution >= 0.6 is 0 Å². The van der Waals surface area contributed by atoms with Crippen molar-refractivity contribution in [2.24, 2.45) is 5.41 Å². The van der Waals surface area contributed by atoms with E-state index < -0.39 is 5.41 Å². The molecule has 2 N–H and O–H groups in total. The van der Waals surface area contributed by atoms with Crippen LogP contribution in [-0.2, 0) is 4.79 Å². The van der Waals surface area contributed by atoms with Gasteiger partial charge in [-0.05, 0) is 18.6 Å². The Labute approximate surface area is 114 Å². The zero-order valence-electron chi connectivity index (χ0n) is 12.0. The largest absolute Gasteiger partial charge is 0.354 e. The fourth-order valence-corrected chi connectivity index (χ4v) is 1.54. The first-order chi connectivity index (χ1) is 8.82. The minimum absolute atomic E-state index is 0.0161. The molecule has 0 radical (unpaired) electrons. The molecule has 19 heavy (non-hydrogen) atoms. The average molecular weight is 262 g/mol. The van der Waals surface area contributed by atoms with Gasteiger partial charge in [-0.1, -0.05) is 39.0 Å². The van der Waals surface area contributed by atoms with Gasteiger partial charge < -0.3 is 10.6 Å². The van der Waals surface area contributed by atoms with Gasteiger partial charge in [-0.3, -0.25) is 9.59 Å². The maximum Gasteiger partial charge on any atom is 0.251 e. The molecule has 0 aliphatic heterocycles. The third-order valence-corrected chi connectivity index (χ3v) is 2.77. The van der Waals surface area contributed by atoms with Crippen LogP contribution < -0.4 is 10.6 Å². The highest BCUT2D eigenvalue weighted by molar-refractivity contribution is 5.95. The van der Waals surface area contributed by atoms with Crippen LogP contribution in [-0.4, -0.2) is 24.9 Å². The molecule has 0 saturated carbocycles. The van der Waals surface area contributed by atoms with E-state index in [0.29, 0.717) is 18.7 Å². The molecule has 0 aliphatic rings. The lowest BCUT2D eigenvalue weighted by atomic mass is 9.96. The van der Waals surface area contributed by atoms with Crippen molar-refractivity contribution in [3.8, 4) is 0 Å². The molecule has 0 saturated heterocycles. The van der Waals surface area contributed by atoms with Gasteiger partial charge in [0.05, 0.1) is 0 Å². The Morgan fingerprint density at radius 1 is 1.05 bits per heavy atom. The average Bonchev–Trinajstić information content (AvgIpc) is 2.33. The Morgan fingerprint density at radius 2 is 1.63 bits per heavy atom. The highest BCUT2D eigenvalue weighted by atomic mass is 16.2. The van der Waals surface area contributed by atoms with Crippen LogP contribution in [0.15, 0.2) is 24.3 Å². The predicted molar refractivity (Wildman–Crippen MR) is 76.0 cm³/mol. The van der Waals surface area contributed by atoms with Crippen LogP contribution in [0.2, 0.25) is 0 Å². The molecule has 0 aromatic heterocycles. The van der Waals surface area contributed by atoms with Gasteiger partial charge in [-0.25, -0.2) is 0 Å². The Kier molecular flexibility index (Phi) is 5.10. The zero-order chi connectivity index (χ0) is 14.5. The molecule has 0 bridgehead atoms. The number of nitrogens with one attached hydrogen (secondary N) is 2. The van der Waals surface area contributed by atoms with E-state index in [1.807, 2.05) is 45.9 Å². The SMILES string of the molecule is Cc1ccccc1C(=O)NCCNC(=O)C(C)(C)C. The molecule has 0 spiro atoms. The smallest absolute Gasteiger partial charge is 0.251 e. The van der Waals surface area contributed by atoms with Crippen molar-refractivity contribution in [1.82, 2.24) is 10.6 Å². The van der Waals surface area contributed by atoms with Crippen molar-refractivity contribution in [2.45, 2.75) is 27.7 Å². The van der Waals surface area contributed by atoms with Crippen molar-refractivity contribution in [3.63, 3.8) is 0 Å². The van der Waals surface area contributed by atoms with Crippen molar-refractivity contribution in [2.75, 3.05) is 13.1 Å². The maximum atomic E-state index is 11.9. The van der Waals surface area contributed by atoms with E-state index in [0.717, 1.165) is 5.56 Å². The molecule has 0 heterocycles. The van der Waals surface area contributed by atoms with Crippen LogP contribution in [0.25, 0.3) is 0 Å². The molecule has 0 unspecified atom stereocenters. The quantitative estimate of drug-likeness (QED) is 0.814. The van der Waals surface area contributed by atoms with E-state index in [-0.39, 0.29) is 11.8 Å². The van der Waals surface area contributed by atoms with E-state index in [2.05, 4.69) is 10.6 Å². The predicted octanol–water partition coefficient (Wildman–Crippen LogP) is 1.89. The molecule has 4 nitrogen and oxygen atoms in total. The normalized spacial score (nSPS) is 10.9. The maximum absolute atomic E-state index is 11.9. The fraction of sp³-hybridized carbons (Fsp3) is 0.467. The van der Waals surface area contributed by atoms with Gasteiger partial charge in [0.2, 0.25) is 5.91 Å². The molecule has 1 rings (SSSR count). The van der Waals surface area contributed by atoms with Gasteiger partial charge in [0.1, 0.15) is 0 Å². The van der Waals surface area contributed by atoms with E-state index in [1.54, 1.807) is 6.07 Å². The number of carbonyl (C=O) groups excluding carboxylic acids is 2. The third kappa shape index (κ3) is 4.73. The standard InChI is InChI=1S/C15H22N2O2/c1-11-7-5-6-8-12(11)13(18)16-9-10-17-14(19)15(2,3)4/h5-8H,9-10H2,1-4H3,(H,16,18)(H,17,19). The second-order valence-electron chi connectivity index (χ2n) is 5.58. The van der Waals surface area contributed by atoms with E-state index in [4.69, 9.17) is 0 Å². The monoisotopic (exact) mass is 262 g/mol. The number of hydrogen-bond donors (Lipinski definition) is 2. The first kappa shape index (κ1) is 15.2. The van der Waals surface area contributed by atoms with Gasteiger partial charge in [0.25, 0.3) is 5.91 Å². The summed E-state index contributed by atoms with van der Waals surface area (Å²) in [6, 6.07) is 7.42. The highest BCUT2D eigenvalue weighted by Gasteiger charge is 2.20. The van der Waals surface area contributed by atoms with Crippen molar-refractivity contribution < 1.29 is 9.59 Å². The molecule has 1 aromatic carbocycles. The number of aryl methyl sites for hydroxylation is 1. The summed E-state index contributed by atoms with van der Waals surface area (Å²) in [6.07, 6.45) is 0. The molecular formula is C15H22N2O2. The van der Waals surface area contributed by atoms with Crippen LogP contribution in [0.5, 0.6) is 0 Å². The Hall–Kier alpha value is -1.84. The van der Waals surface area contributed by atoms with Crippen molar-refractivity contribution in [1.29, 1.82) is 0 Å². The summed E-state index contributed by atoms with van der Waals surface area (Å²) in [5.41, 5.74) is 1.21. The second kappa shape index (κ2) is 6.36. The lowest BCUT2D eigenvalue weighted by molar-refractivity contribution is -0.128. The summed E-state index contributed by atoms with van der Waals surface area (Å²) >= 11 is 0. The molecule has 104 valence electrons. The lowest BCUT2D eigenvalue weighted by Crippen LogP contribution is -2.40. The Balaban J connectivity index is 2.37. The first-order valence-electron chi connectivity index (χ1n) is 6.44. The van der Waals surface area contributed by atoms with E-state index in [9.17, 15) is 9.59 Å². The van der Waals surface area contributed by atoms with Crippen LogP contribution in [0, 0.1) is 12.3 Å².